The number of ether oxygens (including phenoxy) is 6. The van der Waals surface area contributed by atoms with Crippen LogP contribution < -0.4 is 42.5 Å². The number of hydrogen-bond donors (Lipinski definition) is 17. The molecule has 31 nitrogen and oxygen atoms in total. The number of carbonyl (C=O) groups excluding carboxylic acids is 8. The van der Waals surface area contributed by atoms with Gasteiger partial charge in [-0.1, -0.05) is 38.5 Å². The van der Waals surface area contributed by atoms with E-state index in [-0.39, 0.29) is 64.5 Å². The van der Waals surface area contributed by atoms with Gasteiger partial charge in [0.1, 0.15) is 85.1 Å². The molecule has 85 heavy (non-hydrogen) atoms. The van der Waals surface area contributed by atoms with E-state index in [1.54, 1.807) is 0 Å². The summed E-state index contributed by atoms with van der Waals surface area (Å²) in [6, 6.07) is -5.46. The first-order valence-electron chi connectivity index (χ1n) is 29.4. The highest BCUT2D eigenvalue weighted by atomic mass is 16.7. The van der Waals surface area contributed by atoms with Crippen molar-refractivity contribution in [3.8, 4) is 0 Å². The van der Waals surface area contributed by atoms with Crippen molar-refractivity contribution in [1.82, 2.24) is 42.5 Å². The monoisotopic (exact) mass is 1220 g/mol. The third-order valence-corrected chi connectivity index (χ3v) is 14.4. The smallest absolute Gasteiger partial charge is 0.242 e. The van der Waals surface area contributed by atoms with Crippen LogP contribution in [0.25, 0.3) is 0 Å². The van der Waals surface area contributed by atoms with Gasteiger partial charge in [0.2, 0.25) is 47.3 Å². The van der Waals surface area contributed by atoms with Crippen LogP contribution in [0.4, 0.5) is 0 Å². The van der Waals surface area contributed by atoms with Crippen LogP contribution in [0.2, 0.25) is 0 Å². The molecule has 3 aliphatic rings. The van der Waals surface area contributed by atoms with E-state index in [0.717, 1.165) is 0 Å². The SMILES string of the molecule is CC(=O)NC(CCC(=O)NC(CCC(=O)NCCCCCCOC1OC(CO)C(O)C(O)C1NC(C)=O)C(=O)NCCCCCCOC1OC(CO)C(O)C(O)C1NC(C)=O)C(=O)NCCCCCCOC1OC(CO)C(O)C(O)C1NC(C)=O. The lowest BCUT2D eigenvalue weighted by molar-refractivity contribution is -0.270. The molecule has 0 bridgehead atoms. The van der Waals surface area contributed by atoms with E-state index in [1.165, 1.54) is 27.7 Å². The summed E-state index contributed by atoms with van der Waals surface area (Å²) in [6.07, 6.45) is -8.89. The van der Waals surface area contributed by atoms with Crippen molar-refractivity contribution in [3.05, 3.63) is 0 Å². The summed E-state index contributed by atoms with van der Waals surface area (Å²) in [5, 5.41) is 112. The summed E-state index contributed by atoms with van der Waals surface area (Å²) < 4.78 is 34.0. The Bertz CT molecular complexity index is 2040. The summed E-state index contributed by atoms with van der Waals surface area (Å²) in [4.78, 5) is 101. The molecule has 3 heterocycles. The molecule has 0 spiro atoms. The molecule has 17 unspecified atom stereocenters. The fourth-order valence-corrected chi connectivity index (χ4v) is 9.77. The highest BCUT2D eigenvalue weighted by Gasteiger charge is 2.48. The van der Waals surface area contributed by atoms with E-state index in [4.69, 9.17) is 28.4 Å². The molecule has 3 rings (SSSR count). The molecule has 0 aromatic carbocycles. The normalized spacial score (nSPS) is 28.2. The zero-order chi connectivity index (χ0) is 63.0. The molecule has 0 aromatic rings. The van der Waals surface area contributed by atoms with Crippen LogP contribution in [-0.2, 0) is 66.8 Å². The largest absolute Gasteiger partial charge is 0.394 e. The van der Waals surface area contributed by atoms with Gasteiger partial charge in [-0.05, 0) is 51.4 Å². The van der Waals surface area contributed by atoms with Crippen LogP contribution in [-0.4, -0.2) is 257 Å². The third-order valence-electron chi connectivity index (χ3n) is 14.4. The van der Waals surface area contributed by atoms with Gasteiger partial charge < -0.3 is 117 Å². The predicted molar refractivity (Wildman–Crippen MR) is 296 cm³/mol. The minimum Gasteiger partial charge on any atom is -0.394 e. The summed E-state index contributed by atoms with van der Waals surface area (Å²) in [5.41, 5.74) is 0. The second kappa shape index (κ2) is 40.6. The molecule has 490 valence electrons. The zero-order valence-electron chi connectivity index (χ0n) is 49.2. The van der Waals surface area contributed by atoms with Gasteiger partial charge in [0.15, 0.2) is 18.9 Å². The van der Waals surface area contributed by atoms with Gasteiger partial charge in [0.25, 0.3) is 0 Å². The minimum atomic E-state index is -1.45. The van der Waals surface area contributed by atoms with Crippen LogP contribution in [0.3, 0.4) is 0 Å². The van der Waals surface area contributed by atoms with Crippen molar-refractivity contribution in [2.45, 2.75) is 234 Å². The van der Waals surface area contributed by atoms with Crippen LogP contribution >= 0.6 is 0 Å². The highest BCUT2D eigenvalue weighted by molar-refractivity contribution is 5.90. The Kier molecular flexibility index (Phi) is 35.5. The first-order chi connectivity index (χ1) is 40.5. The molecule has 0 aliphatic carbocycles. The average molecular weight is 1230 g/mol. The lowest BCUT2D eigenvalue weighted by Crippen LogP contribution is -2.64. The number of unbranched alkanes of at least 4 members (excludes halogenated alkanes) is 9. The van der Waals surface area contributed by atoms with E-state index in [9.17, 15) is 84.3 Å². The van der Waals surface area contributed by atoms with E-state index < -0.39 is 165 Å². The zero-order valence-corrected chi connectivity index (χ0v) is 49.2. The molecule has 0 radical (unpaired) electrons. The van der Waals surface area contributed by atoms with E-state index in [1.807, 2.05) is 0 Å². The van der Waals surface area contributed by atoms with Crippen LogP contribution in [0, 0.1) is 0 Å². The molecule has 3 fully saturated rings. The van der Waals surface area contributed by atoms with Gasteiger partial charge in [-0.25, -0.2) is 0 Å². The number of hydrogen-bond acceptors (Lipinski definition) is 23. The van der Waals surface area contributed by atoms with Crippen molar-refractivity contribution >= 4 is 47.3 Å². The Labute approximate surface area is 495 Å². The van der Waals surface area contributed by atoms with Crippen molar-refractivity contribution in [2.75, 3.05) is 59.3 Å². The highest BCUT2D eigenvalue weighted by Crippen LogP contribution is 2.25. The van der Waals surface area contributed by atoms with Gasteiger partial charge in [0.05, 0.1) is 19.8 Å². The maximum Gasteiger partial charge on any atom is 0.242 e. The predicted octanol–water partition coefficient (Wildman–Crippen LogP) is -5.55. The first-order valence-corrected chi connectivity index (χ1v) is 29.4. The maximum absolute atomic E-state index is 13.6. The van der Waals surface area contributed by atoms with Gasteiger partial charge in [-0.15, -0.1) is 0 Å². The third kappa shape index (κ3) is 27.0. The second-order valence-corrected chi connectivity index (χ2v) is 21.5. The molecular weight excluding hydrogens is 1130 g/mol. The fraction of sp³-hybridized carbons (Fsp3) is 0.852. The summed E-state index contributed by atoms with van der Waals surface area (Å²) in [7, 11) is 0. The Balaban J connectivity index is 1.48. The number of rotatable bonds is 40. The summed E-state index contributed by atoms with van der Waals surface area (Å²) in [6.45, 7) is 4.40. The van der Waals surface area contributed by atoms with Crippen molar-refractivity contribution in [1.29, 1.82) is 0 Å². The second-order valence-electron chi connectivity index (χ2n) is 21.5. The molecule has 17 N–H and O–H groups in total. The average Bonchev–Trinajstić information content (AvgIpc) is 3.51. The van der Waals surface area contributed by atoms with Crippen LogP contribution in [0.5, 0.6) is 0 Å². The fourth-order valence-electron chi connectivity index (χ4n) is 9.77. The summed E-state index contributed by atoms with van der Waals surface area (Å²) >= 11 is 0. The number of nitrogens with one attached hydrogen (secondary N) is 8. The quantitative estimate of drug-likeness (QED) is 0.0254. The molecular formula is C54H96N8O23. The number of amides is 8. The topological polar surface area (TPSA) is 470 Å². The van der Waals surface area contributed by atoms with Crippen LogP contribution in [0.15, 0.2) is 0 Å². The van der Waals surface area contributed by atoms with Gasteiger partial charge in [0, 0.05) is 80.0 Å². The van der Waals surface area contributed by atoms with Gasteiger partial charge in [-0.2, -0.15) is 0 Å². The molecule has 3 aliphatic heterocycles. The first kappa shape index (κ1) is 74.4. The number of carbonyl (C=O) groups is 8. The molecule has 0 aromatic heterocycles. The Morgan fingerprint density at radius 2 is 0.694 bits per heavy atom. The standard InChI is InChI=1S/C54H96N8O23/c1-30(66)58-34(50(78)56-22-12-6-9-15-25-81-53-42(60-32(3)68)48(76)45(73)37(28-64)84-53)18-20-40(71)62-35(51(79)57-23-13-7-10-16-26-82-54-43(61-33(4)69)49(77)46(74)38(29-65)85-54)17-19-39(70)55-21-11-5-8-14-24-80-52-41(59-31(2)67)47(75)44(72)36(27-63)83-52/h34-38,41-49,52-54,63-65,72-77H,5-29H2,1-4H3,(H,55,70)(H,56,78)(H,57,79)(H,58,66)(H,59,67)(H,60,68)(H,61,69)(H,62,71). The molecule has 0 saturated carbocycles. The van der Waals surface area contributed by atoms with E-state index >= 15 is 0 Å². The van der Waals surface area contributed by atoms with Crippen molar-refractivity contribution < 1.29 is 113 Å². The number of aliphatic hydroxyl groups is 9. The van der Waals surface area contributed by atoms with Gasteiger partial charge >= 0.3 is 0 Å². The molecule has 8 amide bonds. The Hall–Kier alpha value is -4.84. The van der Waals surface area contributed by atoms with Crippen molar-refractivity contribution in [2.24, 2.45) is 0 Å². The molecule has 3 saturated heterocycles. The lowest BCUT2D eigenvalue weighted by Gasteiger charge is -2.42. The van der Waals surface area contributed by atoms with E-state index in [0.29, 0.717) is 83.6 Å². The van der Waals surface area contributed by atoms with Crippen molar-refractivity contribution in [3.63, 3.8) is 0 Å². The molecule has 17 atom stereocenters. The number of aliphatic hydroxyl groups excluding tert-OH is 9. The Morgan fingerprint density at radius 3 is 1.01 bits per heavy atom. The minimum absolute atomic E-state index is 0.0830. The lowest BCUT2D eigenvalue weighted by atomic mass is 9.97. The summed E-state index contributed by atoms with van der Waals surface area (Å²) in [5.74, 6) is -4.05. The van der Waals surface area contributed by atoms with Crippen LogP contribution in [0.1, 0.15) is 130 Å². The van der Waals surface area contributed by atoms with E-state index in [2.05, 4.69) is 42.5 Å². The van der Waals surface area contributed by atoms with Gasteiger partial charge in [-0.3, -0.25) is 38.4 Å². The maximum atomic E-state index is 13.6. The molecule has 31 heteroatoms. The Morgan fingerprint density at radius 1 is 0.388 bits per heavy atom.